The fourth-order valence-electron chi connectivity index (χ4n) is 18.5. The molecule has 782 valence electrons. The first-order chi connectivity index (χ1) is 69.7. The third-order valence-corrected chi connectivity index (χ3v) is 44.6. The molecule has 0 saturated carbocycles. The number of thiophene rings is 12. The molecule has 0 bridgehead atoms. The van der Waals surface area contributed by atoms with E-state index < -0.39 is 0 Å². The van der Waals surface area contributed by atoms with E-state index in [0.29, 0.717) is 120 Å². The first-order valence-electron chi connectivity index (χ1n) is 54.0. The van der Waals surface area contributed by atoms with Crippen molar-refractivity contribution in [1.82, 2.24) is 0 Å². The molecule has 1 aliphatic heterocycles. The summed E-state index contributed by atoms with van der Waals surface area (Å²) in [6, 6.07) is 17.3. The molecule has 0 aliphatic carbocycles. The van der Waals surface area contributed by atoms with E-state index in [1.807, 2.05) is 24.3 Å². The Morgan fingerprint density at radius 3 is 0.734 bits per heavy atom. The zero-order valence-corrected chi connectivity index (χ0v) is 100. The molecule has 27 heteroatoms. The van der Waals surface area contributed by atoms with Gasteiger partial charge in [0.1, 0.15) is 42.5 Å². The predicted molar refractivity (Wildman–Crippen MR) is 634 cm³/mol. The van der Waals surface area contributed by atoms with Crippen LogP contribution in [0.2, 0.25) is 0 Å². The number of carbonyl (C=O) groups excluding carboxylic acids is 4. The Hall–Kier alpha value is -5.08. The standard InChI is InChI=1S/C56H72Br2O6S6.C56H74O6S6.C4H8O/c1-9-17-21-33(13-5)29-61-45-37-25-41(51-49-39(53(57)69-51)27-43(67-49)55(59)63-31-35(15-7)23-19-11-3)66-48(37)46(62-30-34(14-6)22-18-10-2)38-26-42(65-47(38)45)52-50-40(54(58)70-52)28-44(68-50)56(60)64-32-36(16-8)24-20-12-4;1-9-17-21-35(13-5)29-59-47-41-27-43(53-49-39(33-63-53)25-45(67-49)55(57)61-31-37(15-7)23-19-11-3)66-52(41)48(60-30-36(14-6)22-18-10-2)42-28-44(65-51(42)47)54-50-40(34-64-54)26-46(68-50)56(58)62-32-38(16-8)24-20-12-4;1-2-4-5-3-1/h25-28,33-36H,9-24,29-32H2,1-8H3;25-28,33-38H,9-24,29-32H2,1-8H3;1-4H2. The Morgan fingerprint density at radius 1 is 0.273 bits per heavy atom. The lowest BCUT2D eigenvalue weighted by Crippen LogP contribution is -2.13. The van der Waals surface area contributed by atoms with E-state index in [2.05, 4.69) is 178 Å². The van der Waals surface area contributed by atoms with Crippen molar-refractivity contribution in [1.29, 1.82) is 0 Å². The van der Waals surface area contributed by atoms with E-state index in [1.165, 1.54) is 83.8 Å². The van der Waals surface area contributed by atoms with Gasteiger partial charge in [0.25, 0.3) is 0 Å². The number of hydrogen-bond donors (Lipinski definition) is 0. The second kappa shape index (κ2) is 58.5. The predicted octanol–water partition coefficient (Wildman–Crippen LogP) is 42.2. The van der Waals surface area contributed by atoms with Crippen molar-refractivity contribution in [2.24, 2.45) is 47.3 Å². The molecular weight excluding hydrogens is 2150 g/mol. The maximum Gasteiger partial charge on any atom is 0.348 e. The van der Waals surface area contributed by atoms with Crippen LogP contribution in [-0.2, 0) is 23.7 Å². The number of fused-ring (bicyclic) bond motifs is 8. The molecule has 2 aromatic carbocycles. The van der Waals surface area contributed by atoms with Crippen molar-refractivity contribution in [3.63, 3.8) is 0 Å². The molecule has 1 saturated heterocycles. The molecule has 13 heterocycles. The monoisotopic (exact) mass is 2300 g/mol. The SMILES string of the molecule is C1CCOC1.CCCCC(CC)COC(=O)c1cc2c(Br)sc(-c3cc4c(OCC(CC)CCCC)c5sc(-c6sc(Br)c7cc(C(=O)OCC(CC)CCCC)sc67)cc5c(OCC(CC)CCCC)c4s3)c2s1.CCCCC(CC)COC(=O)c1cc2csc(-c3cc4c(OCC(CC)CCCC)c5sc(-c6scc7cc(C(=O)OCC(CC)CCCC)sc67)cc5c(OCC(CC)CCCC)c4s3)c2s1. The summed E-state index contributed by atoms with van der Waals surface area (Å²) in [7, 11) is 0. The normalized spacial score (nSPS) is 14.1. The summed E-state index contributed by atoms with van der Waals surface area (Å²) < 4.78 is 68.2. The zero-order valence-electron chi connectivity index (χ0n) is 87.5. The Labute approximate surface area is 916 Å². The van der Waals surface area contributed by atoms with Gasteiger partial charge in [-0.05, 0) is 192 Å². The van der Waals surface area contributed by atoms with Crippen molar-refractivity contribution >= 4 is 272 Å². The minimum absolute atomic E-state index is 0.220. The smallest absolute Gasteiger partial charge is 0.348 e. The van der Waals surface area contributed by atoms with Gasteiger partial charge in [-0.3, -0.25) is 0 Å². The Kier molecular flexibility index (Phi) is 47.1. The number of unbranched alkanes of at least 4 members (excludes halogenated alkanes) is 8. The fraction of sp³-hybridized carbons (Fsp3) is 0.586. The van der Waals surface area contributed by atoms with Crippen LogP contribution in [0, 0.1) is 47.3 Å². The maximum absolute atomic E-state index is 13.6. The van der Waals surface area contributed by atoms with Gasteiger partial charge in [-0.1, -0.05) is 265 Å². The summed E-state index contributed by atoms with van der Waals surface area (Å²) >= 11 is 28.0. The van der Waals surface area contributed by atoms with Crippen LogP contribution in [-0.4, -0.2) is 89.9 Å². The van der Waals surface area contributed by atoms with Crippen molar-refractivity contribution in [3.05, 3.63) is 86.4 Å². The van der Waals surface area contributed by atoms with E-state index in [4.69, 9.17) is 42.6 Å². The van der Waals surface area contributed by atoms with Crippen LogP contribution in [0.4, 0.5) is 0 Å². The minimum Gasteiger partial charge on any atom is -0.491 e. The minimum atomic E-state index is -0.239. The molecule has 0 spiro atoms. The molecule has 1 fully saturated rings. The molecular formula is C116H154Br2O13S12. The van der Waals surface area contributed by atoms with Crippen molar-refractivity contribution in [2.45, 2.75) is 329 Å². The quantitative estimate of drug-likeness (QED) is 0.0263. The van der Waals surface area contributed by atoms with Gasteiger partial charge < -0.3 is 42.6 Å². The zero-order chi connectivity index (χ0) is 102. The highest BCUT2D eigenvalue weighted by atomic mass is 79.9. The molecule has 8 atom stereocenters. The van der Waals surface area contributed by atoms with Crippen molar-refractivity contribution < 1.29 is 61.8 Å². The molecule has 13 nitrogen and oxygen atoms in total. The number of rotatable bonds is 60. The van der Waals surface area contributed by atoms with Gasteiger partial charge in [0.2, 0.25) is 0 Å². The molecule has 143 heavy (non-hydrogen) atoms. The van der Waals surface area contributed by atoms with E-state index in [0.717, 1.165) is 321 Å². The third kappa shape index (κ3) is 29.7. The van der Waals surface area contributed by atoms with Crippen LogP contribution in [0.5, 0.6) is 23.0 Å². The van der Waals surface area contributed by atoms with Gasteiger partial charge in [0.05, 0.1) is 118 Å². The van der Waals surface area contributed by atoms with Crippen LogP contribution in [0.25, 0.3) is 120 Å². The van der Waals surface area contributed by atoms with Crippen LogP contribution < -0.4 is 18.9 Å². The second-order valence-electron chi connectivity index (χ2n) is 39.1. The second-order valence-corrected chi connectivity index (χ2v) is 53.9. The van der Waals surface area contributed by atoms with E-state index in [1.54, 1.807) is 113 Å². The number of halogens is 2. The van der Waals surface area contributed by atoms with Crippen molar-refractivity contribution in [2.75, 3.05) is 66.1 Å². The largest absolute Gasteiger partial charge is 0.491 e. The lowest BCUT2D eigenvalue weighted by molar-refractivity contribution is 0.0425. The van der Waals surface area contributed by atoms with Crippen LogP contribution in [0.1, 0.15) is 368 Å². The van der Waals surface area contributed by atoms with E-state index >= 15 is 0 Å². The highest BCUT2D eigenvalue weighted by molar-refractivity contribution is 9.11. The summed E-state index contributed by atoms with van der Waals surface area (Å²) in [6.07, 6.45) is 38.3. The highest BCUT2D eigenvalue weighted by Crippen LogP contribution is 2.60. The van der Waals surface area contributed by atoms with Crippen LogP contribution >= 0.6 is 168 Å². The number of hydrogen-bond acceptors (Lipinski definition) is 25. The van der Waals surface area contributed by atoms with E-state index in [9.17, 15) is 19.2 Å². The van der Waals surface area contributed by atoms with Gasteiger partial charge >= 0.3 is 23.9 Å². The molecule has 15 rings (SSSR count). The van der Waals surface area contributed by atoms with Gasteiger partial charge in [0, 0.05) is 86.6 Å². The van der Waals surface area contributed by atoms with Gasteiger partial charge in [0.15, 0.2) is 0 Å². The topological polar surface area (TPSA) is 151 Å². The summed E-state index contributed by atoms with van der Waals surface area (Å²) in [4.78, 5) is 65.9. The highest BCUT2D eigenvalue weighted by Gasteiger charge is 2.33. The number of ether oxygens (including phenoxy) is 9. The lowest BCUT2D eigenvalue weighted by Gasteiger charge is -2.19. The van der Waals surface area contributed by atoms with Gasteiger partial charge in [-0.15, -0.1) is 136 Å². The van der Waals surface area contributed by atoms with Gasteiger partial charge in [-0.25, -0.2) is 19.2 Å². The first-order valence-corrected chi connectivity index (χ1v) is 65.5. The van der Waals surface area contributed by atoms with Crippen LogP contribution in [0.15, 0.2) is 66.9 Å². The Morgan fingerprint density at radius 2 is 0.503 bits per heavy atom. The molecule has 0 amide bonds. The molecule has 8 unspecified atom stereocenters. The summed E-state index contributed by atoms with van der Waals surface area (Å²) in [5.41, 5.74) is 0. The average molecular weight is 2300 g/mol. The van der Waals surface area contributed by atoms with Gasteiger partial charge in [-0.2, -0.15) is 0 Å². The number of carbonyl (C=O) groups is 4. The molecule has 14 aromatic rings. The Balaban J connectivity index is 0.000000229. The average Bonchev–Trinajstić information content (AvgIpc) is 1.56. The lowest BCUT2D eigenvalue weighted by atomic mass is 10.0. The van der Waals surface area contributed by atoms with Crippen LogP contribution in [0.3, 0.4) is 0 Å². The maximum atomic E-state index is 13.6. The number of esters is 4. The molecule has 1 aliphatic rings. The third-order valence-electron chi connectivity index (χ3n) is 28.5. The first kappa shape index (κ1) is 115. The van der Waals surface area contributed by atoms with E-state index in [-0.39, 0.29) is 23.9 Å². The molecule has 12 aromatic heterocycles. The summed E-state index contributed by atoms with van der Waals surface area (Å²) in [6.45, 7) is 42.2. The fourth-order valence-corrected chi connectivity index (χ4v) is 34.7. The Bertz CT molecular complexity index is 5850. The molecule has 0 radical (unpaired) electrons. The number of benzene rings is 2. The summed E-state index contributed by atoms with van der Waals surface area (Å²) in [5.74, 6) is 6.13. The van der Waals surface area contributed by atoms with Crippen molar-refractivity contribution in [3.8, 4) is 62.0 Å². The summed E-state index contributed by atoms with van der Waals surface area (Å²) in [5, 5.41) is 12.9. The molecule has 0 N–H and O–H groups in total.